The van der Waals surface area contributed by atoms with E-state index in [4.69, 9.17) is 15.2 Å². The molecule has 1 aromatic rings. The molecule has 6 nitrogen and oxygen atoms in total. The number of amides is 2. The van der Waals surface area contributed by atoms with Gasteiger partial charge in [-0.2, -0.15) is 0 Å². The summed E-state index contributed by atoms with van der Waals surface area (Å²) in [4.78, 5) is 25.8. The third kappa shape index (κ3) is 4.79. The maximum absolute atomic E-state index is 12.2. The predicted octanol–water partition coefficient (Wildman–Crippen LogP) is 1.33. The van der Waals surface area contributed by atoms with Gasteiger partial charge in [0.15, 0.2) is 0 Å². The molecule has 0 aliphatic carbocycles. The Balaban J connectivity index is 1.78. The highest BCUT2D eigenvalue weighted by atomic mass is 16.5. The molecule has 0 radical (unpaired) electrons. The van der Waals surface area contributed by atoms with Crippen LogP contribution in [0.5, 0.6) is 0 Å². The molecule has 1 saturated heterocycles. The second-order valence-corrected chi connectivity index (χ2v) is 6.25. The lowest BCUT2D eigenvalue weighted by Gasteiger charge is -2.39. The molecule has 1 aromatic carbocycles. The lowest BCUT2D eigenvalue weighted by Crippen LogP contribution is -2.50. The Morgan fingerprint density at radius 1 is 1.21 bits per heavy atom. The third-order valence-electron chi connectivity index (χ3n) is 4.72. The summed E-state index contributed by atoms with van der Waals surface area (Å²) in [6, 6.07) is 9.74. The number of hydrogen-bond acceptors (Lipinski definition) is 4. The van der Waals surface area contributed by atoms with E-state index in [1.807, 2.05) is 30.3 Å². The van der Waals surface area contributed by atoms with E-state index in [2.05, 4.69) is 0 Å². The van der Waals surface area contributed by atoms with Crippen molar-refractivity contribution in [2.24, 2.45) is 11.1 Å². The summed E-state index contributed by atoms with van der Waals surface area (Å²) in [5.41, 5.74) is 6.07. The summed E-state index contributed by atoms with van der Waals surface area (Å²) in [6.45, 7) is 2.02. The van der Waals surface area contributed by atoms with Crippen molar-refractivity contribution in [3.63, 3.8) is 0 Å². The molecule has 1 aliphatic rings. The van der Waals surface area contributed by atoms with E-state index < -0.39 is 5.41 Å². The smallest absolute Gasteiger partial charge is 0.248 e. The molecule has 1 heterocycles. The van der Waals surface area contributed by atoms with E-state index >= 15 is 0 Å². The SMILES string of the molecule is COCCC1(C(N)=O)CCN(C(=O)COCc2ccccc2)CC1. The molecule has 1 aliphatic heterocycles. The summed E-state index contributed by atoms with van der Waals surface area (Å²) >= 11 is 0. The number of rotatable bonds is 8. The number of ether oxygens (including phenoxy) is 2. The zero-order chi connectivity index (χ0) is 17.4. The van der Waals surface area contributed by atoms with Crippen LogP contribution in [0.3, 0.4) is 0 Å². The highest BCUT2D eigenvalue weighted by Gasteiger charge is 2.40. The molecular formula is C18H26N2O4. The number of carbonyl (C=O) groups excluding carboxylic acids is 2. The van der Waals surface area contributed by atoms with Gasteiger partial charge in [0, 0.05) is 26.8 Å². The minimum atomic E-state index is -0.558. The Bertz CT molecular complexity index is 539. The van der Waals surface area contributed by atoms with E-state index in [9.17, 15) is 9.59 Å². The van der Waals surface area contributed by atoms with Gasteiger partial charge in [0.2, 0.25) is 11.8 Å². The second-order valence-electron chi connectivity index (χ2n) is 6.25. The highest BCUT2D eigenvalue weighted by molar-refractivity contribution is 5.82. The first-order valence-electron chi connectivity index (χ1n) is 8.26. The fourth-order valence-corrected chi connectivity index (χ4v) is 3.02. The lowest BCUT2D eigenvalue weighted by molar-refractivity contribution is -0.143. The van der Waals surface area contributed by atoms with Gasteiger partial charge in [-0.15, -0.1) is 0 Å². The van der Waals surface area contributed by atoms with Crippen molar-refractivity contribution < 1.29 is 19.1 Å². The molecule has 6 heteroatoms. The highest BCUT2D eigenvalue weighted by Crippen LogP contribution is 2.34. The first-order chi connectivity index (χ1) is 11.6. The zero-order valence-electron chi connectivity index (χ0n) is 14.2. The van der Waals surface area contributed by atoms with Gasteiger partial charge >= 0.3 is 0 Å². The van der Waals surface area contributed by atoms with Crippen molar-refractivity contribution in [3.05, 3.63) is 35.9 Å². The molecule has 2 amide bonds. The van der Waals surface area contributed by atoms with Crippen molar-refractivity contribution in [2.45, 2.75) is 25.9 Å². The molecule has 0 spiro atoms. The quantitative estimate of drug-likeness (QED) is 0.778. The molecular weight excluding hydrogens is 308 g/mol. The van der Waals surface area contributed by atoms with Crippen LogP contribution in [0.4, 0.5) is 0 Å². The number of benzene rings is 1. The number of methoxy groups -OCH3 is 1. The van der Waals surface area contributed by atoms with E-state index in [0.717, 1.165) is 5.56 Å². The van der Waals surface area contributed by atoms with Gasteiger partial charge in [-0.1, -0.05) is 30.3 Å². The Morgan fingerprint density at radius 2 is 1.88 bits per heavy atom. The van der Waals surface area contributed by atoms with E-state index in [1.54, 1.807) is 12.0 Å². The molecule has 0 bridgehead atoms. The number of likely N-dealkylation sites (tertiary alicyclic amines) is 1. The Labute approximate surface area is 142 Å². The molecule has 1 fully saturated rings. The van der Waals surface area contributed by atoms with E-state index in [-0.39, 0.29) is 18.4 Å². The monoisotopic (exact) mass is 334 g/mol. The molecule has 24 heavy (non-hydrogen) atoms. The number of piperidine rings is 1. The van der Waals surface area contributed by atoms with E-state index in [1.165, 1.54) is 0 Å². The second kappa shape index (κ2) is 8.80. The van der Waals surface area contributed by atoms with Crippen LogP contribution in [0.15, 0.2) is 30.3 Å². The predicted molar refractivity (Wildman–Crippen MR) is 90.0 cm³/mol. The average Bonchev–Trinajstić information content (AvgIpc) is 2.61. The fourth-order valence-electron chi connectivity index (χ4n) is 3.02. The average molecular weight is 334 g/mol. The molecule has 0 unspecified atom stereocenters. The Kier molecular flexibility index (Phi) is 6.75. The van der Waals surface area contributed by atoms with Gasteiger partial charge in [0.1, 0.15) is 6.61 Å². The van der Waals surface area contributed by atoms with Gasteiger partial charge in [-0.25, -0.2) is 0 Å². The molecule has 0 aromatic heterocycles. The molecule has 0 atom stereocenters. The fraction of sp³-hybridized carbons (Fsp3) is 0.556. The Hall–Kier alpha value is -1.92. The van der Waals surface area contributed by atoms with Crippen molar-refractivity contribution >= 4 is 11.8 Å². The maximum atomic E-state index is 12.2. The summed E-state index contributed by atoms with van der Waals surface area (Å²) < 4.78 is 10.6. The molecule has 132 valence electrons. The van der Waals surface area contributed by atoms with Crippen molar-refractivity contribution in [1.82, 2.24) is 4.90 Å². The minimum absolute atomic E-state index is 0.0456. The molecule has 2 rings (SSSR count). The summed E-state index contributed by atoms with van der Waals surface area (Å²) in [6.07, 6.45) is 1.76. The normalized spacial score (nSPS) is 16.8. The van der Waals surface area contributed by atoms with Gasteiger partial charge in [-0.3, -0.25) is 9.59 Å². The van der Waals surface area contributed by atoms with Crippen molar-refractivity contribution in [3.8, 4) is 0 Å². The topological polar surface area (TPSA) is 81.9 Å². The maximum Gasteiger partial charge on any atom is 0.248 e. The van der Waals surface area contributed by atoms with Crippen LogP contribution in [-0.4, -0.2) is 50.1 Å². The number of carbonyl (C=O) groups is 2. The molecule has 2 N–H and O–H groups in total. The number of nitrogens with two attached hydrogens (primary N) is 1. The Morgan fingerprint density at radius 3 is 2.46 bits per heavy atom. The van der Waals surface area contributed by atoms with Gasteiger partial charge < -0.3 is 20.1 Å². The van der Waals surface area contributed by atoms with Crippen LogP contribution in [-0.2, 0) is 25.7 Å². The van der Waals surface area contributed by atoms with Crippen LogP contribution in [0.25, 0.3) is 0 Å². The van der Waals surface area contributed by atoms with Crippen LogP contribution in [0.2, 0.25) is 0 Å². The summed E-state index contributed by atoms with van der Waals surface area (Å²) in [5.74, 6) is -0.345. The number of hydrogen-bond donors (Lipinski definition) is 1. The van der Waals surface area contributed by atoms with Crippen LogP contribution >= 0.6 is 0 Å². The first kappa shape index (κ1) is 18.4. The van der Waals surface area contributed by atoms with Crippen LogP contribution < -0.4 is 5.73 Å². The number of primary amides is 1. The lowest BCUT2D eigenvalue weighted by atomic mass is 9.75. The van der Waals surface area contributed by atoms with Crippen molar-refractivity contribution in [1.29, 1.82) is 0 Å². The largest absolute Gasteiger partial charge is 0.385 e. The standard InChI is InChI=1S/C18H26N2O4/c1-23-12-9-18(17(19)22)7-10-20(11-8-18)16(21)14-24-13-15-5-3-2-4-6-15/h2-6H,7-14H2,1H3,(H2,19,22). The third-order valence-corrected chi connectivity index (χ3v) is 4.72. The van der Waals surface area contributed by atoms with E-state index in [0.29, 0.717) is 45.6 Å². The summed E-state index contributed by atoms with van der Waals surface area (Å²) in [5, 5.41) is 0. The number of nitrogens with zero attached hydrogens (tertiary/aromatic N) is 1. The first-order valence-corrected chi connectivity index (χ1v) is 8.26. The molecule has 0 saturated carbocycles. The van der Waals surface area contributed by atoms with Gasteiger partial charge in [0.25, 0.3) is 0 Å². The van der Waals surface area contributed by atoms with Crippen molar-refractivity contribution in [2.75, 3.05) is 33.4 Å². The van der Waals surface area contributed by atoms with Gasteiger partial charge in [0.05, 0.1) is 12.0 Å². The van der Waals surface area contributed by atoms with Crippen LogP contribution in [0, 0.1) is 5.41 Å². The van der Waals surface area contributed by atoms with Crippen LogP contribution in [0.1, 0.15) is 24.8 Å². The van der Waals surface area contributed by atoms with Gasteiger partial charge in [-0.05, 0) is 24.8 Å². The minimum Gasteiger partial charge on any atom is -0.385 e. The zero-order valence-corrected chi connectivity index (χ0v) is 14.2. The summed E-state index contributed by atoms with van der Waals surface area (Å²) in [7, 11) is 1.61.